The number of carbonyl (C=O) groups excluding carboxylic acids is 1. The molecule has 6 atom stereocenters. The normalized spacial score (nSPS) is 24.4. The molecule has 2 aliphatic rings. The van der Waals surface area contributed by atoms with Crippen LogP contribution in [0.4, 0.5) is 24.9 Å². The van der Waals surface area contributed by atoms with Crippen molar-refractivity contribution >= 4 is 36.6 Å². The number of rotatable bonds is 12. The van der Waals surface area contributed by atoms with Crippen LogP contribution in [0.25, 0.3) is 11.2 Å². The summed E-state index contributed by atoms with van der Waals surface area (Å²) in [6.45, 7) is 2.18. The number of aliphatic hydroxyl groups excluding tert-OH is 1. The summed E-state index contributed by atoms with van der Waals surface area (Å²) in [4.78, 5) is 24.6. The van der Waals surface area contributed by atoms with Crippen molar-refractivity contribution < 1.29 is 46.2 Å². The average molecular weight is 630 g/mol. The Morgan fingerprint density at radius 2 is 2.00 bits per heavy atom. The van der Waals surface area contributed by atoms with Crippen molar-refractivity contribution in [2.75, 3.05) is 24.3 Å². The standard InChI is InChI=1S/C25H31F3N7O7P/c1-3-39-23(37)13(2)34-43(38,42-15-7-5-4-6-8-15)40-11-16-19(36)17(25(26,27)28)22(41-16)35-12-30-18-20(31-14-9-10-14)32-24(29)33-21(18)35/h4-8,12-14,16-17,19,22,36H,3,9-11H2,1-2H3,(H,34,38)(H3,29,31,32,33)/t13?,16-,17+,19-,22-,43-/m1/s1. The first kappa shape index (κ1) is 30.9. The lowest BCUT2D eigenvalue weighted by Crippen LogP contribution is -2.39. The highest BCUT2D eigenvalue weighted by Crippen LogP contribution is 2.49. The van der Waals surface area contributed by atoms with Crippen LogP contribution in [0.15, 0.2) is 36.7 Å². The SMILES string of the molecule is CCOC(=O)C(C)N[P@@](=O)(OC[C@H]1O[C@@H](n2cnc3c(NC4CC4)nc(N)nc32)[C@@H](C(F)(F)F)[C@@H]1O)Oc1ccccc1. The van der Waals surface area contributed by atoms with E-state index in [1.807, 2.05) is 0 Å². The summed E-state index contributed by atoms with van der Waals surface area (Å²) in [7, 11) is -4.44. The van der Waals surface area contributed by atoms with Gasteiger partial charge in [0, 0.05) is 6.04 Å². The van der Waals surface area contributed by atoms with Crippen LogP contribution in [-0.4, -0.2) is 74.3 Å². The molecule has 1 unspecified atom stereocenters. The zero-order valence-corrected chi connectivity index (χ0v) is 24.0. The number of para-hydroxylation sites is 1. The highest BCUT2D eigenvalue weighted by Gasteiger charge is 2.59. The number of aliphatic hydroxyl groups is 1. The van der Waals surface area contributed by atoms with Gasteiger partial charge in [-0.15, -0.1) is 0 Å². The Bertz CT molecular complexity index is 1490. The zero-order valence-electron chi connectivity index (χ0n) is 23.1. The van der Waals surface area contributed by atoms with Crippen molar-refractivity contribution in [3.63, 3.8) is 0 Å². The van der Waals surface area contributed by atoms with Crippen LogP contribution in [0.2, 0.25) is 0 Å². The zero-order chi connectivity index (χ0) is 30.9. The first-order valence-corrected chi connectivity index (χ1v) is 15.0. The van der Waals surface area contributed by atoms with E-state index in [0.29, 0.717) is 0 Å². The van der Waals surface area contributed by atoms with Crippen LogP contribution in [0.3, 0.4) is 0 Å². The molecule has 18 heteroatoms. The Morgan fingerprint density at radius 1 is 1.28 bits per heavy atom. The molecule has 3 heterocycles. The first-order valence-electron chi connectivity index (χ1n) is 13.5. The lowest BCUT2D eigenvalue weighted by Gasteiger charge is -2.25. The van der Waals surface area contributed by atoms with Gasteiger partial charge in [-0.25, -0.2) is 9.55 Å². The van der Waals surface area contributed by atoms with E-state index in [1.165, 1.54) is 19.1 Å². The van der Waals surface area contributed by atoms with E-state index in [1.54, 1.807) is 25.1 Å². The molecule has 1 saturated heterocycles. The quantitative estimate of drug-likeness (QED) is 0.169. The number of imidazole rings is 1. The van der Waals surface area contributed by atoms with E-state index in [9.17, 15) is 27.6 Å². The summed E-state index contributed by atoms with van der Waals surface area (Å²) in [6.07, 6.45) is -7.67. The van der Waals surface area contributed by atoms with E-state index >= 15 is 0 Å². The Balaban J connectivity index is 1.40. The van der Waals surface area contributed by atoms with E-state index in [-0.39, 0.29) is 41.3 Å². The molecule has 2 aromatic heterocycles. The molecule has 14 nitrogen and oxygen atoms in total. The van der Waals surface area contributed by atoms with Gasteiger partial charge in [-0.1, -0.05) is 18.2 Å². The van der Waals surface area contributed by atoms with Crippen LogP contribution >= 0.6 is 7.75 Å². The topological polar surface area (TPSA) is 185 Å². The predicted octanol–water partition coefficient (Wildman–Crippen LogP) is 3.16. The van der Waals surface area contributed by atoms with Gasteiger partial charge in [0.05, 0.1) is 25.6 Å². The lowest BCUT2D eigenvalue weighted by molar-refractivity contribution is -0.210. The van der Waals surface area contributed by atoms with Crippen LogP contribution < -0.4 is 20.7 Å². The Hall–Kier alpha value is -3.50. The highest BCUT2D eigenvalue weighted by molar-refractivity contribution is 7.52. The number of hydrogen-bond acceptors (Lipinski definition) is 12. The van der Waals surface area contributed by atoms with E-state index in [0.717, 1.165) is 23.7 Å². The van der Waals surface area contributed by atoms with Gasteiger partial charge in [-0.05, 0) is 38.8 Å². The molecule has 0 amide bonds. The second-order valence-corrected chi connectivity index (χ2v) is 11.8. The van der Waals surface area contributed by atoms with Crippen molar-refractivity contribution in [1.29, 1.82) is 0 Å². The summed E-state index contributed by atoms with van der Waals surface area (Å²) < 4.78 is 79.3. The lowest BCUT2D eigenvalue weighted by atomic mass is 9.99. The third kappa shape index (κ3) is 7.02. The van der Waals surface area contributed by atoms with Gasteiger partial charge < -0.3 is 30.2 Å². The second kappa shape index (κ2) is 12.2. The minimum Gasteiger partial charge on any atom is -0.465 e. The van der Waals surface area contributed by atoms with Crippen LogP contribution in [0.5, 0.6) is 5.75 Å². The molecule has 1 aromatic carbocycles. The van der Waals surface area contributed by atoms with Crippen molar-refractivity contribution in [3.05, 3.63) is 36.7 Å². The fraction of sp³-hybridized carbons (Fsp3) is 0.520. The molecular weight excluding hydrogens is 598 g/mol. The summed E-state index contributed by atoms with van der Waals surface area (Å²) in [5, 5.41) is 16.4. The molecule has 1 saturated carbocycles. The third-order valence-electron chi connectivity index (χ3n) is 6.75. The molecular formula is C25H31F3N7O7P. The van der Waals surface area contributed by atoms with Gasteiger partial charge in [0.1, 0.15) is 23.8 Å². The fourth-order valence-corrected chi connectivity index (χ4v) is 6.06. The molecule has 0 radical (unpaired) electrons. The number of aromatic nitrogens is 4. The number of ether oxygens (including phenoxy) is 2. The van der Waals surface area contributed by atoms with E-state index in [4.69, 9.17) is 24.3 Å². The van der Waals surface area contributed by atoms with Gasteiger partial charge in [0.15, 0.2) is 23.2 Å². The molecule has 0 spiro atoms. The number of anilines is 2. The van der Waals surface area contributed by atoms with Gasteiger partial charge in [-0.3, -0.25) is 13.9 Å². The van der Waals surface area contributed by atoms with Crippen molar-refractivity contribution in [1.82, 2.24) is 24.6 Å². The number of nitrogens with zero attached hydrogens (tertiary/aromatic N) is 4. The largest absolute Gasteiger partial charge is 0.465 e. The molecule has 43 heavy (non-hydrogen) atoms. The second-order valence-electron chi connectivity index (χ2n) is 10.1. The summed E-state index contributed by atoms with van der Waals surface area (Å²) in [5.74, 6) is -3.05. The maximum Gasteiger partial charge on any atom is 0.459 e. The Morgan fingerprint density at radius 3 is 2.65 bits per heavy atom. The minimum atomic E-state index is -4.94. The summed E-state index contributed by atoms with van der Waals surface area (Å²) >= 11 is 0. The third-order valence-corrected chi connectivity index (χ3v) is 8.39. The van der Waals surface area contributed by atoms with E-state index in [2.05, 4.69) is 25.4 Å². The summed E-state index contributed by atoms with van der Waals surface area (Å²) in [6, 6.07) is 6.76. The number of nitrogen functional groups attached to an aromatic ring is 1. The molecule has 1 aliphatic heterocycles. The summed E-state index contributed by atoms with van der Waals surface area (Å²) in [5.41, 5.74) is 5.98. The maximum absolute atomic E-state index is 14.3. The first-order chi connectivity index (χ1) is 20.4. The molecule has 2 fully saturated rings. The smallest absolute Gasteiger partial charge is 0.459 e. The fourth-order valence-electron chi connectivity index (χ4n) is 4.56. The molecule has 0 bridgehead atoms. The predicted molar refractivity (Wildman–Crippen MR) is 146 cm³/mol. The van der Waals surface area contributed by atoms with Crippen LogP contribution in [0, 0.1) is 5.92 Å². The number of nitrogens with two attached hydrogens (primary N) is 1. The molecule has 234 valence electrons. The van der Waals surface area contributed by atoms with Crippen molar-refractivity contribution in [2.24, 2.45) is 5.92 Å². The molecule has 5 rings (SSSR count). The number of hydrogen-bond donors (Lipinski definition) is 4. The van der Waals surface area contributed by atoms with Gasteiger partial charge in [0.2, 0.25) is 5.95 Å². The number of esters is 1. The van der Waals surface area contributed by atoms with E-state index < -0.39 is 56.9 Å². The number of fused-ring (bicyclic) bond motifs is 1. The number of halogens is 3. The van der Waals surface area contributed by atoms with Gasteiger partial charge in [-0.2, -0.15) is 28.2 Å². The van der Waals surface area contributed by atoms with Crippen LogP contribution in [-0.2, 0) is 23.4 Å². The molecule has 3 aromatic rings. The monoisotopic (exact) mass is 629 g/mol. The Labute approximate surface area is 243 Å². The average Bonchev–Trinajstić information content (AvgIpc) is 3.54. The number of carbonyl (C=O) groups is 1. The van der Waals surface area contributed by atoms with Crippen molar-refractivity contribution in [2.45, 2.75) is 63.4 Å². The Kier molecular flexibility index (Phi) is 8.81. The number of nitrogens with one attached hydrogen (secondary N) is 2. The van der Waals surface area contributed by atoms with Gasteiger partial charge >= 0.3 is 19.9 Å². The maximum atomic E-state index is 14.3. The minimum absolute atomic E-state index is 0.0355. The molecule has 1 aliphatic carbocycles. The molecule has 5 N–H and O–H groups in total. The van der Waals surface area contributed by atoms with Gasteiger partial charge in [0.25, 0.3) is 0 Å². The number of benzene rings is 1. The number of alkyl halides is 3. The van der Waals surface area contributed by atoms with Crippen molar-refractivity contribution in [3.8, 4) is 5.75 Å². The van der Waals surface area contributed by atoms with Crippen LogP contribution in [0.1, 0.15) is 32.9 Å². The highest BCUT2D eigenvalue weighted by atomic mass is 31.2.